The van der Waals surface area contributed by atoms with E-state index in [2.05, 4.69) is 18.3 Å². The summed E-state index contributed by atoms with van der Waals surface area (Å²) in [7, 11) is 0. The summed E-state index contributed by atoms with van der Waals surface area (Å²) in [6.45, 7) is 2.07. The number of nitriles is 1. The molecule has 1 fully saturated rings. The number of nitrogens with zero attached hydrogens (tertiary/aromatic N) is 1. The number of nitrogens with one attached hydrogen (secondary N) is 1. The Balaban J connectivity index is 2.10. The number of amides is 1. The molecule has 1 aliphatic rings. The van der Waals surface area contributed by atoms with Gasteiger partial charge in [0.25, 0.3) is 0 Å². The second kappa shape index (κ2) is 6.90. The van der Waals surface area contributed by atoms with E-state index in [-0.39, 0.29) is 11.9 Å². The Morgan fingerprint density at radius 3 is 2.65 bits per heavy atom. The van der Waals surface area contributed by atoms with E-state index in [1.165, 1.54) is 4.88 Å². The first kappa shape index (κ1) is 15.1. The summed E-state index contributed by atoms with van der Waals surface area (Å²) < 4.78 is 0. The van der Waals surface area contributed by atoms with Gasteiger partial charge in [-0.3, -0.25) is 4.79 Å². The van der Waals surface area contributed by atoms with Crippen molar-refractivity contribution in [2.75, 3.05) is 0 Å². The minimum Gasteiger partial charge on any atom is -0.347 e. The van der Waals surface area contributed by atoms with Crippen LogP contribution in [0.5, 0.6) is 0 Å². The maximum atomic E-state index is 12.6. The molecule has 1 saturated carbocycles. The molecule has 1 atom stereocenters. The van der Waals surface area contributed by atoms with Crippen LogP contribution in [0.15, 0.2) is 17.5 Å². The Kier molecular flexibility index (Phi) is 5.19. The van der Waals surface area contributed by atoms with Crippen LogP contribution >= 0.6 is 11.3 Å². The van der Waals surface area contributed by atoms with Crippen molar-refractivity contribution in [3.05, 3.63) is 22.4 Å². The first-order valence-electron chi connectivity index (χ1n) is 7.47. The van der Waals surface area contributed by atoms with Crippen molar-refractivity contribution in [1.82, 2.24) is 5.32 Å². The monoisotopic (exact) mass is 290 g/mol. The molecule has 1 N–H and O–H groups in total. The highest BCUT2D eigenvalue weighted by molar-refractivity contribution is 7.10. The molecule has 1 aromatic heterocycles. The van der Waals surface area contributed by atoms with Crippen LogP contribution in [0.4, 0.5) is 0 Å². The Morgan fingerprint density at radius 2 is 2.15 bits per heavy atom. The van der Waals surface area contributed by atoms with Crippen molar-refractivity contribution in [3.63, 3.8) is 0 Å². The molecule has 1 aromatic rings. The van der Waals surface area contributed by atoms with Crippen molar-refractivity contribution < 1.29 is 4.79 Å². The van der Waals surface area contributed by atoms with Crippen molar-refractivity contribution >= 4 is 17.2 Å². The lowest BCUT2D eigenvalue weighted by Gasteiger charge is -2.26. The topological polar surface area (TPSA) is 52.9 Å². The third-order valence-corrected chi connectivity index (χ3v) is 5.19. The summed E-state index contributed by atoms with van der Waals surface area (Å²) in [6.07, 6.45) is 6.51. The highest BCUT2D eigenvalue weighted by atomic mass is 32.1. The van der Waals surface area contributed by atoms with Gasteiger partial charge in [0.2, 0.25) is 5.91 Å². The zero-order valence-electron chi connectivity index (χ0n) is 12.0. The van der Waals surface area contributed by atoms with Gasteiger partial charge in [0.05, 0.1) is 12.1 Å². The molecule has 1 aliphatic carbocycles. The second-order valence-corrected chi connectivity index (χ2v) is 6.54. The zero-order chi connectivity index (χ0) is 14.4. The highest BCUT2D eigenvalue weighted by Gasteiger charge is 2.39. The third kappa shape index (κ3) is 3.21. The molecule has 108 valence electrons. The van der Waals surface area contributed by atoms with E-state index in [0.29, 0.717) is 12.8 Å². The molecule has 2 rings (SSSR count). The van der Waals surface area contributed by atoms with Gasteiger partial charge in [-0.2, -0.15) is 5.26 Å². The second-order valence-electron chi connectivity index (χ2n) is 5.56. The van der Waals surface area contributed by atoms with Gasteiger partial charge in [0.1, 0.15) is 5.41 Å². The van der Waals surface area contributed by atoms with Gasteiger partial charge >= 0.3 is 0 Å². The number of hydrogen-bond acceptors (Lipinski definition) is 3. The van der Waals surface area contributed by atoms with Crippen molar-refractivity contribution in [3.8, 4) is 6.07 Å². The summed E-state index contributed by atoms with van der Waals surface area (Å²) in [5, 5.41) is 14.7. The number of thiophene rings is 1. The molecule has 0 aliphatic heterocycles. The fraction of sp³-hybridized carbons (Fsp3) is 0.625. The van der Waals surface area contributed by atoms with Gasteiger partial charge in [0.15, 0.2) is 0 Å². The van der Waals surface area contributed by atoms with Crippen LogP contribution in [0.2, 0.25) is 0 Å². The van der Waals surface area contributed by atoms with Crippen LogP contribution in [0, 0.1) is 16.7 Å². The van der Waals surface area contributed by atoms with Crippen LogP contribution in [0.3, 0.4) is 0 Å². The molecule has 0 bridgehead atoms. The molecule has 0 radical (unpaired) electrons. The normalized spacial score (nSPS) is 19.6. The molecule has 3 nitrogen and oxygen atoms in total. The lowest BCUT2D eigenvalue weighted by Crippen LogP contribution is -2.41. The average molecular weight is 290 g/mol. The fourth-order valence-corrected chi connectivity index (χ4v) is 3.74. The predicted molar refractivity (Wildman–Crippen MR) is 81.2 cm³/mol. The summed E-state index contributed by atoms with van der Waals surface area (Å²) in [5.41, 5.74) is -0.804. The van der Waals surface area contributed by atoms with Crippen molar-refractivity contribution in [2.24, 2.45) is 5.41 Å². The van der Waals surface area contributed by atoms with Gasteiger partial charge in [-0.1, -0.05) is 38.7 Å². The maximum Gasteiger partial charge on any atom is 0.240 e. The summed E-state index contributed by atoms with van der Waals surface area (Å²) >= 11 is 1.66. The molecule has 1 amide bonds. The molecule has 1 heterocycles. The number of hydrogen-bond donors (Lipinski definition) is 1. The van der Waals surface area contributed by atoms with Crippen molar-refractivity contribution in [1.29, 1.82) is 5.26 Å². The number of rotatable bonds is 4. The highest BCUT2D eigenvalue weighted by Crippen LogP contribution is 2.35. The van der Waals surface area contributed by atoms with Gasteiger partial charge in [0, 0.05) is 4.88 Å². The largest absolute Gasteiger partial charge is 0.347 e. The fourth-order valence-electron chi connectivity index (χ4n) is 2.88. The van der Waals surface area contributed by atoms with Crippen LogP contribution in [-0.4, -0.2) is 5.91 Å². The predicted octanol–water partition coefficient (Wildman–Crippen LogP) is 4.18. The molecular weight excluding hydrogens is 268 g/mol. The van der Waals surface area contributed by atoms with Crippen LogP contribution in [-0.2, 0) is 4.79 Å². The molecule has 1 unspecified atom stereocenters. The Bertz CT molecular complexity index is 467. The summed E-state index contributed by atoms with van der Waals surface area (Å²) in [6, 6.07) is 6.41. The number of carbonyl (C=O) groups excluding carboxylic acids is 1. The maximum absolute atomic E-state index is 12.6. The minimum absolute atomic E-state index is 0.0379. The van der Waals surface area contributed by atoms with E-state index in [9.17, 15) is 10.1 Å². The number of carbonyl (C=O) groups is 1. The quantitative estimate of drug-likeness (QED) is 0.846. The molecule has 0 spiro atoms. The summed E-state index contributed by atoms with van der Waals surface area (Å²) in [5.74, 6) is -0.0675. The standard InChI is InChI=1S/C16H22N2OS/c1-2-13(14-8-7-11-20-14)18-15(19)16(12-17)9-5-3-4-6-10-16/h7-8,11,13H,2-6,9-10H2,1H3,(H,18,19). The van der Waals surface area contributed by atoms with E-state index in [1.807, 2.05) is 17.5 Å². The molecule has 0 saturated heterocycles. The van der Waals surface area contributed by atoms with Crippen LogP contribution in [0.25, 0.3) is 0 Å². The van der Waals surface area contributed by atoms with E-state index in [0.717, 1.165) is 32.1 Å². The summed E-state index contributed by atoms with van der Waals surface area (Å²) in [4.78, 5) is 13.8. The first-order chi connectivity index (χ1) is 9.72. The SMILES string of the molecule is CCC(NC(=O)C1(C#N)CCCCCC1)c1cccs1. The minimum atomic E-state index is -0.804. The first-order valence-corrected chi connectivity index (χ1v) is 8.35. The average Bonchev–Trinajstić information content (AvgIpc) is 2.89. The van der Waals surface area contributed by atoms with Gasteiger partial charge in [-0.05, 0) is 30.7 Å². The third-order valence-electron chi connectivity index (χ3n) is 4.21. The van der Waals surface area contributed by atoms with E-state index in [4.69, 9.17) is 0 Å². The Hall–Kier alpha value is -1.34. The molecule has 20 heavy (non-hydrogen) atoms. The smallest absolute Gasteiger partial charge is 0.240 e. The zero-order valence-corrected chi connectivity index (χ0v) is 12.8. The van der Waals surface area contributed by atoms with E-state index in [1.54, 1.807) is 11.3 Å². The Morgan fingerprint density at radius 1 is 1.45 bits per heavy atom. The lowest BCUT2D eigenvalue weighted by molar-refractivity contribution is -0.129. The van der Waals surface area contributed by atoms with Gasteiger partial charge < -0.3 is 5.32 Å². The van der Waals surface area contributed by atoms with Gasteiger partial charge in [-0.25, -0.2) is 0 Å². The Labute approximate surface area is 125 Å². The molecular formula is C16H22N2OS. The van der Waals surface area contributed by atoms with Crippen molar-refractivity contribution in [2.45, 2.75) is 57.9 Å². The lowest BCUT2D eigenvalue weighted by atomic mass is 9.80. The van der Waals surface area contributed by atoms with Crippen LogP contribution in [0.1, 0.15) is 62.8 Å². The van der Waals surface area contributed by atoms with Crippen LogP contribution < -0.4 is 5.32 Å². The van der Waals surface area contributed by atoms with E-state index >= 15 is 0 Å². The molecule has 0 aromatic carbocycles. The van der Waals surface area contributed by atoms with E-state index < -0.39 is 5.41 Å². The molecule has 4 heteroatoms. The van der Waals surface area contributed by atoms with Gasteiger partial charge in [-0.15, -0.1) is 11.3 Å².